The summed E-state index contributed by atoms with van der Waals surface area (Å²) in [4.78, 5) is 12.6. The van der Waals surface area contributed by atoms with E-state index in [0.717, 1.165) is 35.3 Å². The molecule has 1 fully saturated rings. The Morgan fingerprint density at radius 1 is 1.05 bits per heavy atom. The van der Waals surface area contributed by atoms with Crippen molar-refractivity contribution in [2.24, 2.45) is 5.92 Å². The van der Waals surface area contributed by atoms with Gasteiger partial charge >= 0.3 is 0 Å². The lowest BCUT2D eigenvalue weighted by molar-refractivity contribution is 0.0967. The minimum absolute atomic E-state index is 0.0512. The topological polar surface area (TPSA) is 26.3 Å². The van der Waals surface area contributed by atoms with Crippen LogP contribution in [0.1, 0.15) is 82.8 Å². The summed E-state index contributed by atoms with van der Waals surface area (Å²) in [5, 5.41) is 0. The van der Waals surface area contributed by atoms with E-state index in [1.54, 1.807) is 0 Å². The van der Waals surface area contributed by atoms with Gasteiger partial charge in [0.25, 0.3) is 0 Å². The highest BCUT2D eigenvalue weighted by molar-refractivity contribution is 6.00. The Bertz CT molecular complexity index is 531. The highest BCUT2D eigenvalue weighted by atomic mass is 16.5. The van der Waals surface area contributed by atoms with E-state index in [0.29, 0.717) is 12.4 Å². The molecule has 2 nitrogen and oxygen atoms in total. The first-order valence-electron chi connectivity index (χ1n) is 8.41. The van der Waals surface area contributed by atoms with Crippen molar-refractivity contribution in [1.82, 2.24) is 0 Å². The molecule has 0 atom stereocenters. The third-order valence-corrected chi connectivity index (χ3v) is 4.23. The monoisotopic (exact) mass is 302 g/mol. The number of carbonyl (C=O) groups excluding carboxylic acids is 1. The summed E-state index contributed by atoms with van der Waals surface area (Å²) in [6.07, 6.45) is 2.09. The standard InChI is InChI=1S/C20H30O2/c1-8-22-18-15(19(2,3)4)11-14(17(21)13-9-10-13)12-16(18)20(5,6)7/h11-13H,8-10H2,1-7H3. The lowest BCUT2D eigenvalue weighted by Crippen LogP contribution is -2.21. The smallest absolute Gasteiger partial charge is 0.165 e. The van der Waals surface area contributed by atoms with E-state index < -0.39 is 0 Å². The summed E-state index contributed by atoms with van der Waals surface area (Å²) in [6, 6.07) is 4.14. The van der Waals surface area contributed by atoms with Gasteiger partial charge in [-0.05, 0) is 42.7 Å². The molecule has 0 radical (unpaired) electrons. The summed E-state index contributed by atoms with van der Waals surface area (Å²) in [5.41, 5.74) is 3.05. The number of rotatable bonds is 4. The lowest BCUT2D eigenvalue weighted by atomic mass is 9.77. The Kier molecular flexibility index (Phi) is 4.43. The first kappa shape index (κ1) is 17.1. The molecule has 2 heteroatoms. The van der Waals surface area contributed by atoms with Crippen LogP contribution in [0, 0.1) is 5.92 Å². The number of hydrogen-bond donors (Lipinski definition) is 0. The van der Waals surface area contributed by atoms with Crippen LogP contribution < -0.4 is 4.74 Å². The molecule has 1 saturated carbocycles. The van der Waals surface area contributed by atoms with Crippen molar-refractivity contribution in [1.29, 1.82) is 0 Å². The molecule has 0 spiro atoms. The van der Waals surface area contributed by atoms with Crippen LogP contribution in [-0.4, -0.2) is 12.4 Å². The molecule has 1 aliphatic carbocycles. The maximum Gasteiger partial charge on any atom is 0.165 e. The van der Waals surface area contributed by atoms with E-state index >= 15 is 0 Å². The molecule has 0 heterocycles. The van der Waals surface area contributed by atoms with E-state index in [9.17, 15) is 4.79 Å². The Labute approximate surface area is 135 Å². The van der Waals surface area contributed by atoms with E-state index in [4.69, 9.17) is 4.74 Å². The zero-order valence-corrected chi connectivity index (χ0v) is 15.2. The van der Waals surface area contributed by atoms with Gasteiger partial charge in [-0.2, -0.15) is 0 Å². The van der Waals surface area contributed by atoms with Gasteiger partial charge in [0.1, 0.15) is 5.75 Å². The number of hydrogen-bond acceptors (Lipinski definition) is 2. The molecule has 0 aromatic heterocycles. The highest BCUT2D eigenvalue weighted by Crippen LogP contribution is 2.42. The molecule has 0 amide bonds. The van der Waals surface area contributed by atoms with Crippen molar-refractivity contribution in [3.8, 4) is 5.75 Å². The van der Waals surface area contributed by atoms with Gasteiger partial charge in [0, 0.05) is 22.6 Å². The second kappa shape index (κ2) is 5.72. The Morgan fingerprint density at radius 2 is 1.50 bits per heavy atom. The molecule has 0 bridgehead atoms. The molecular formula is C20H30O2. The van der Waals surface area contributed by atoms with Crippen LogP contribution in [0.25, 0.3) is 0 Å². The van der Waals surface area contributed by atoms with Gasteiger partial charge < -0.3 is 4.74 Å². The van der Waals surface area contributed by atoms with Crippen molar-refractivity contribution in [2.75, 3.05) is 6.61 Å². The van der Waals surface area contributed by atoms with Crippen LogP contribution in [0.3, 0.4) is 0 Å². The summed E-state index contributed by atoms with van der Waals surface area (Å²) in [7, 11) is 0. The molecule has 0 N–H and O–H groups in total. The third-order valence-electron chi connectivity index (χ3n) is 4.23. The molecular weight excluding hydrogens is 272 g/mol. The minimum atomic E-state index is -0.0512. The van der Waals surface area contributed by atoms with Gasteiger partial charge in [-0.3, -0.25) is 4.79 Å². The van der Waals surface area contributed by atoms with Crippen molar-refractivity contribution in [3.05, 3.63) is 28.8 Å². The molecule has 0 unspecified atom stereocenters. The van der Waals surface area contributed by atoms with E-state index in [2.05, 4.69) is 53.7 Å². The van der Waals surface area contributed by atoms with Gasteiger partial charge in [0.05, 0.1) is 6.61 Å². The number of ketones is 1. The summed E-state index contributed by atoms with van der Waals surface area (Å²) in [6.45, 7) is 15.8. The van der Waals surface area contributed by atoms with Gasteiger partial charge in [-0.15, -0.1) is 0 Å². The average Bonchev–Trinajstić information content (AvgIpc) is 3.20. The first-order valence-corrected chi connectivity index (χ1v) is 8.41. The summed E-state index contributed by atoms with van der Waals surface area (Å²) in [5.74, 6) is 1.52. The molecule has 2 rings (SSSR count). The fourth-order valence-electron chi connectivity index (χ4n) is 2.77. The number of carbonyl (C=O) groups is 1. The normalized spacial score (nSPS) is 15.8. The van der Waals surface area contributed by atoms with Crippen molar-refractivity contribution in [3.63, 3.8) is 0 Å². The minimum Gasteiger partial charge on any atom is -0.493 e. The van der Waals surface area contributed by atoms with Crippen LogP contribution in [-0.2, 0) is 10.8 Å². The van der Waals surface area contributed by atoms with Crippen molar-refractivity contribution < 1.29 is 9.53 Å². The predicted molar refractivity (Wildman–Crippen MR) is 92.1 cm³/mol. The van der Waals surface area contributed by atoms with E-state index in [1.165, 1.54) is 0 Å². The fourth-order valence-corrected chi connectivity index (χ4v) is 2.77. The largest absolute Gasteiger partial charge is 0.493 e. The molecule has 122 valence electrons. The molecule has 0 saturated heterocycles. The molecule has 22 heavy (non-hydrogen) atoms. The fraction of sp³-hybridized carbons (Fsp3) is 0.650. The van der Waals surface area contributed by atoms with Crippen LogP contribution in [0.4, 0.5) is 0 Å². The first-order chi connectivity index (χ1) is 10.1. The van der Waals surface area contributed by atoms with Gasteiger partial charge in [-0.25, -0.2) is 0 Å². The zero-order chi connectivity index (χ0) is 16.7. The van der Waals surface area contributed by atoms with Crippen molar-refractivity contribution >= 4 is 5.78 Å². The van der Waals surface area contributed by atoms with Crippen LogP contribution >= 0.6 is 0 Å². The highest BCUT2D eigenvalue weighted by Gasteiger charge is 2.34. The van der Waals surface area contributed by atoms with Gasteiger partial charge in [0.15, 0.2) is 5.78 Å². The zero-order valence-electron chi connectivity index (χ0n) is 15.2. The molecule has 0 aliphatic heterocycles. The molecule has 1 aromatic rings. The molecule has 1 aliphatic rings. The Balaban J connectivity index is 2.67. The second-order valence-corrected chi connectivity index (χ2v) is 8.47. The number of benzene rings is 1. The van der Waals surface area contributed by atoms with Gasteiger partial charge in [0.2, 0.25) is 0 Å². The maximum absolute atomic E-state index is 12.6. The molecule has 1 aromatic carbocycles. The van der Waals surface area contributed by atoms with Crippen LogP contribution in [0.15, 0.2) is 12.1 Å². The maximum atomic E-state index is 12.6. The SMILES string of the molecule is CCOc1c(C(C)(C)C)cc(C(=O)C2CC2)cc1C(C)(C)C. The van der Waals surface area contributed by atoms with Crippen molar-refractivity contribution in [2.45, 2.75) is 72.1 Å². The predicted octanol–water partition coefficient (Wildman–Crippen LogP) is 5.27. The Hall–Kier alpha value is -1.31. The Morgan fingerprint density at radius 3 is 1.82 bits per heavy atom. The van der Waals surface area contributed by atoms with E-state index in [-0.39, 0.29) is 16.7 Å². The summed E-state index contributed by atoms with van der Waals surface area (Å²) < 4.78 is 6.02. The quantitative estimate of drug-likeness (QED) is 0.708. The number of Topliss-reactive ketones (excluding diaryl/α,β-unsaturated/α-hetero) is 1. The number of ether oxygens (including phenoxy) is 1. The van der Waals surface area contributed by atoms with E-state index in [1.807, 2.05) is 6.92 Å². The average molecular weight is 302 g/mol. The van der Waals surface area contributed by atoms with Crippen LogP contribution in [0.5, 0.6) is 5.75 Å². The lowest BCUT2D eigenvalue weighted by Gasteiger charge is -2.30. The van der Waals surface area contributed by atoms with Crippen LogP contribution in [0.2, 0.25) is 0 Å². The second-order valence-electron chi connectivity index (χ2n) is 8.47. The van der Waals surface area contributed by atoms with Gasteiger partial charge in [-0.1, -0.05) is 41.5 Å². The third kappa shape index (κ3) is 3.53. The summed E-state index contributed by atoms with van der Waals surface area (Å²) >= 11 is 0.